The quantitative estimate of drug-likeness (QED) is 0.851. The second kappa shape index (κ2) is 6.37. The molecular weight excluding hydrogens is 307 g/mol. The van der Waals surface area contributed by atoms with Crippen LogP contribution in [0.4, 0.5) is 5.69 Å². The molecule has 0 aliphatic heterocycles. The first-order valence-corrected chi connectivity index (χ1v) is 7.24. The van der Waals surface area contributed by atoms with Gasteiger partial charge in [0.2, 0.25) is 0 Å². The van der Waals surface area contributed by atoms with Gasteiger partial charge in [-0.05, 0) is 36.8 Å². The van der Waals surface area contributed by atoms with Gasteiger partial charge in [0, 0.05) is 17.8 Å². The highest BCUT2D eigenvalue weighted by Crippen LogP contribution is 2.28. The molecule has 110 valence electrons. The van der Waals surface area contributed by atoms with Gasteiger partial charge in [-0.3, -0.25) is 4.79 Å². The van der Waals surface area contributed by atoms with Crippen LogP contribution in [0.25, 0.3) is 0 Å². The van der Waals surface area contributed by atoms with Gasteiger partial charge < -0.3 is 10.6 Å². The van der Waals surface area contributed by atoms with Crippen LogP contribution in [-0.4, -0.2) is 17.9 Å². The minimum Gasteiger partial charge on any atom is -0.399 e. The van der Waals surface area contributed by atoms with E-state index in [1.54, 1.807) is 30.1 Å². The van der Waals surface area contributed by atoms with Crippen molar-refractivity contribution in [1.29, 1.82) is 0 Å². The molecule has 0 aliphatic carbocycles. The van der Waals surface area contributed by atoms with Gasteiger partial charge in [-0.25, -0.2) is 0 Å². The van der Waals surface area contributed by atoms with Crippen LogP contribution in [0.1, 0.15) is 28.9 Å². The summed E-state index contributed by atoms with van der Waals surface area (Å²) in [5.74, 6) is -0.174. The molecule has 0 heterocycles. The molecule has 0 aliphatic rings. The SMILES string of the molecule is CC(c1ccccc1Cl)N(C)C(=O)c1ccc(N)cc1Cl. The average molecular weight is 323 g/mol. The lowest BCUT2D eigenvalue weighted by atomic mass is 10.1. The fourth-order valence-electron chi connectivity index (χ4n) is 2.09. The Labute approximate surface area is 134 Å². The fraction of sp³-hybridized carbons (Fsp3) is 0.188. The molecule has 1 unspecified atom stereocenters. The van der Waals surface area contributed by atoms with E-state index in [0.29, 0.717) is 21.3 Å². The Morgan fingerprint density at radius 1 is 1.14 bits per heavy atom. The molecule has 0 radical (unpaired) electrons. The Kier molecular flexibility index (Phi) is 4.76. The molecule has 3 nitrogen and oxygen atoms in total. The van der Waals surface area contributed by atoms with E-state index in [1.807, 2.05) is 31.2 Å². The Morgan fingerprint density at radius 3 is 2.43 bits per heavy atom. The van der Waals surface area contributed by atoms with Crippen molar-refractivity contribution in [3.8, 4) is 0 Å². The molecule has 0 saturated heterocycles. The molecule has 0 spiro atoms. The molecule has 1 amide bonds. The van der Waals surface area contributed by atoms with E-state index < -0.39 is 0 Å². The highest BCUT2D eigenvalue weighted by molar-refractivity contribution is 6.34. The molecule has 2 rings (SSSR count). The molecule has 0 fully saturated rings. The van der Waals surface area contributed by atoms with Gasteiger partial charge in [-0.2, -0.15) is 0 Å². The third-order valence-electron chi connectivity index (χ3n) is 3.48. The van der Waals surface area contributed by atoms with Crippen LogP contribution in [0.2, 0.25) is 10.0 Å². The number of carbonyl (C=O) groups excluding carboxylic acids is 1. The highest BCUT2D eigenvalue weighted by Gasteiger charge is 2.22. The first kappa shape index (κ1) is 15.7. The van der Waals surface area contributed by atoms with E-state index in [9.17, 15) is 4.79 Å². The van der Waals surface area contributed by atoms with Gasteiger partial charge in [0.05, 0.1) is 16.6 Å². The van der Waals surface area contributed by atoms with Gasteiger partial charge in [0.15, 0.2) is 0 Å². The monoisotopic (exact) mass is 322 g/mol. The predicted octanol–water partition coefficient (Wildman–Crippen LogP) is 4.41. The third-order valence-corrected chi connectivity index (χ3v) is 4.14. The lowest BCUT2D eigenvalue weighted by Crippen LogP contribution is -2.30. The number of halogens is 2. The number of hydrogen-bond donors (Lipinski definition) is 1. The van der Waals surface area contributed by atoms with Gasteiger partial charge in [-0.15, -0.1) is 0 Å². The molecule has 2 N–H and O–H groups in total. The zero-order valence-corrected chi connectivity index (χ0v) is 13.3. The lowest BCUT2D eigenvalue weighted by Gasteiger charge is -2.26. The van der Waals surface area contributed by atoms with Crippen molar-refractivity contribution >= 4 is 34.8 Å². The van der Waals surface area contributed by atoms with Crippen molar-refractivity contribution in [2.24, 2.45) is 0 Å². The minimum atomic E-state index is -0.174. The molecule has 2 aromatic carbocycles. The summed E-state index contributed by atoms with van der Waals surface area (Å²) in [6.45, 7) is 1.92. The van der Waals surface area contributed by atoms with Gasteiger partial charge in [0.25, 0.3) is 5.91 Å². The molecule has 0 aromatic heterocycles. The Bertz CT molecular complexity index is 673. The molecular formula is C16H16Cl2N2O. The number of rotatable bonds is 3. The largest absolute Gasteiger partial charge is 0.399 e. The minimum absolute atomic E-state index is 0.167. The van der Waals surface area contributed by atoms with Gasteiger partial charge in [0.1, 0.15) is 0 Å². The molecule has 5 heteroatoms. The van der Waals surface area contributed by atoms with Crippen LogP contribution in [0.15, 0.2) is 42.5 Å². The Morgan fingerprint density at radius 2 is 1.81 bits per heavy atom. The predicted molar refractivity (Wildman–Crippen MR) is 87.8 cm³/mol. The number of carbonyl (C=O) groups is 1. The lowest BCUT2D eigenvalue weighted by molar-refractivity contribution is 0.0743. The van der Waals surface area contributed by atoms with Crippen LogP contribution in [0, 0.1) is 0 Å². The van der Waals surface area contributed by atoms with Gasteiger partial charge in [-0.1, -0.05) is 41.4 Å². The maximum absolute atomic E-state index is 12.6. The smallest absolute Gasteiger partial charge is 0.255 e. The number of anilines is 1. The van der Waals surface area contributed by atoms with Crippen LogP contribution in [-0.2, 0) is 0 Å². The van der Waals surface area contributed by atoms with Crippen molar-refractivity contribution in [1.82, 2.24) is 4.90 Å². The third kappa shape index (κ3) is 3.31. The van der Waals surface area contributed by atoms with Crippen LogP contribution >= 0.6 is 23.2 Å². The summed E-state index contributed by atoms with van der Waals surface area (Å²) in [7, 11) is 1.73. The highest BCUT2D eigenvalue weighted by atomic mass is 35.5. The summed E-state index contributed by atoms with van der Waals surface area (Å²) in [6.07, 6.45) is 0. The van der Waals surface area contributed by atoms with Crippen LogP contribution in [0.3, 0.4) is 0 Å². The summed E-state index contributed by atoms with van der Waals surface area (Å²) in [5.41, 5.74) is 7.49. The standard InChI is InChI=1S/C16H16Cl2N2O/c1-10(12-5-3-4-6-14(12)17)20(2)16(21)13-8-7-11(19)9-15(13)18/h3-10H,19H2,1-2H3. The second-order valence-corrected chi connectivity index (χ2v) is 5.67. The molecule has 1 atom stereocenters. The topological polar surface area (TPSA) is 46.3 Å². The maximum atomic E-state index is 12.6. The number of nitrogens with zero attached hydrogens (tertiary/aromatic N) is 1. The van der Waals surface area contributed by atoms with Gasteiger partial charge >= 0.3 is 0 Å². The molecule has 2 aromatic rings. The number of amides is 1. The average Bonchev–Trinajstić information content (AvgIpc) is 2.45. The normalized spacial score (nSPS) is 12.0. The molecule has 0 saturated carbocycles. The summed E-state index contributed by atoms with van der Waals surface area (Å²) < 4.78 is 0. The maximum Gasteiger partial charge on any atom is 0.255 e. The number of benzene rings is 2. The van der Waals surface area contributed by atoms with E-state index >= 15 is 0 Å². The van der Waals surface area contributed by atoms with Crippen molar-refractivity contribution in [2.75, 3.05) is 12.8 Å². The van der Waals surface area contributed by atoms with E-state index in [0.717, 1.165) is 5.56 Å². The van der Waals surface area contributed by atoms with Crippen LogP contribution < -0.4 is 5.73 Å². The van der Waals surface area contributed by atoms with E-state index in [4.69, 9.17) is 28.9 Å². The number of nitrogen functional groups attached to an aromatic ring is 1. The molecule has 21 heavy (non-hydrogen) atoms. The zero-order valence-electron chi connectivity index (χ0n) is 11.8. The van der Waals surface area contributed by atoms with Crippen molar-refractivity contribution in [3.63, 3.8) is 0 Å². The van der Waals surface area contributed by atoms with Crippen LogP contribution in [0.5, 0.6) is 0 Å². The second-order valence-electron chi connectivity index (χ2n) is 4.85. The number of hydrogen-bond acceptors (Lipinski definition) is 2. The Balaban J connectivity index is 2.29. The first-order valence-electron chi connectivity index (χ1n) is 6.48. The van der Waals surface area contributed by atoms with Crippen molar-refractivity contribution in [2.45, 2.75) is 13.0 Å². The summed E-state index contributed by atoms with van der Waals surface area (Å²) in [6, 6.07) is 12.2. The Hall–Kier alpha value is -1.71. The summed E-state index contributed by atoms with van der Waals surface area (Å²) >= 11 is 12.3. The zero-order chi connectivity index (χ0) is 15.6. The van der Waals surface area contributed by atoms with Crippen molar-refractivity contribution < 1.29 is 4.79 Å². The summed E-state index contributed by atoms with van der Waals surface area (Å²) in [5, 5.41) is 0.978. The van der Waals surface area contributed by atoms with E-state index in [-0.39, 0.29) is 11.9 Å². The van der Waals surface area contributed by atoms with E-state index in [1.165, 1.54) is 0 Å². The molecule has 0 bridgehead atoms. The van der Waals surface area contributed by atoms with E-state index in [2.05, 4.69) is 0 Å². The summed E-state index contributed by atoms with van der Waals surface area (Å²) in [4.78, 5) is 14.2. The fourth-order valence-corrected chi connectivity index (χ4v) is 2.66. The first-order chi connectivity index (χ1) is 9.91. The van der Waals surface area contributed by atoms with Crippen molar-refractivity contribution in [3.05, 3.63) is 63.6 Å². The number of nitrogens with two attached hydrogens (primary N) is 1.